The number of carbonyl (C=O) groups is 1. The molecule has 34 heavy (non-hydrogen) atoms. The lowest BCUT2D eigenvalue weighted by molar-refractivity contribution is -0.114. The van der Waals surface area contributed by atoms with Crippen LogP contribution in [0.4, 0.5) is 0 Å². The number of sulfonamides is 2. The van der Waals surface area contributed by atoms with E-state index >= 15 is 0 Å². The Hall–Kier alpha value is -2.44. The number of carbonyl (C=O) groups excluding carboxylic acids is 1. The first kappa shape index (κ1) is 24.7. The number of amides is 1. The first-order chi connectivity index (χ1) is 16.0. The highest BCUT2D eigenvalue weighted by molar-refractivity contribution is 9.10. The molecule has 3 aromatic carbocycles. The quantitative estimate of drug-likeness (QED) is 0.436. The van der Waals surface area contributed by atoms with Gasteiger partial charge >= 0.3 is 0 Å². The van der Waals surface area contributed by atoms with E-state index in [0.717, 1.165) is 22.8 Å². The molecule has 0 unspecified atom stereocenters. The van der Waals surface area contributed by atoms with Crippen LogP contribution in [0.1, 0.15) is 16.7 Å². The molecule has 0 saturated heterocycles. The van der Waals surface area contributed by atoms with Gasteiger partial charge in [-0.1, -0.05) is 70.5 Å². The Morgan fingerprint density at radius 3 is 2.29 bits per heavy atom. The van der Waals surface area contributed by atoms with Crippen molar-refractivity contribution < 1.29 is 21.6 Å². The molecule has 11 heteroatoms. The van der Waals surface area contributed by atoms with Crippen LogP contribution in [0, 0.1) is 0 Å². The monoisotopic (exact) mass is 578 g/mol. The molecule has 0 radical (unpaired) electrons. The van der Waals surface area contributed by atoms with Crippen molar-refractivity contribution in [3.8, 4) is 11.1 Å². The van der Waals surface area contributed by atoms with E-state index in [1.54, 1.807) is 30.3 Å². The van der Waals surface area contributed by atoms with Crippen molar-refractivity contribution in [2.75, 3.05) is 0 Å². The highest BCUT2D eigenvalue weighted by Gasteiger charge is 2.30. The van der Waals surface area contributed by atoms with Gasteiger partial charge in [0.2, 0.25) is 10.0 Å². The number of primary sulfonamides is 1. The van der Waals surface area contributed by atoms with Crippen molar-refractivity contribution in [3.63, 3.8) is 0 Å². The zero-order valence-electron chi connectivity index (χ0n) is 17.6. The van der Waals surface area contributed by atoms with E-state index in [1.165, 1.54) is 11.8 Å². The van der Waals surface area contributed by atoms with Crippen molar-refractivity contribution in [1.82, 2.24) is 4.72 Å². The second-order valence-corrected chi connectivity index (χ2v) is 12.5. The Kier molecular flexibility index (Phi) is 7.02. The summed E-state index contributed by atoms with van der Waals surface area (Å²) in [5, 5.41) is 5.49. The van der Waals surface area contributed by atoms with Crippen LogP contribution >= 0.6 is 27.7 Å². The van der Waals surface area contributed by atoms with Crippen LogP contribution < -0.4 is 9.86 Å². The number of thioether (sulfide) groups is 1. The summed E-state index contributed by atoms with van der Waals surface area (Å²) in [6.45, 7) is 0. The molecular weight excluding hydrogens is 560 g/mol. The van der Waals surface area contributed by atoms with Crippen LogP contribution in [0.15, 0.2) is 82.2 Å². The maximum Gasteiger partial charge on any atom is 0.265 e. The van der Waals surface area contributed by atoms with Gasteiger partial charge in [-0.05, 0) is 34.4 Å². The Bertz CT molecular complexity index is 1520. The van der Waals surface area contributed by atoms with Gasteiger partial charge in [-0.15, -0.1) is 0 Å². The van der Waals surface area contributed by atoms with Gasteiger partial charge in [-0.25, -0.2) is 26.7 Å². The average molecular weight is 580 g/mol. The summed E-state index contributed by atoms with van der Waals surface area (Å²) < 4.78 is 51.1. The number of nitrogens with one attached hydrogen (secondary N) is 1. The lowest BCUT2D eigenvalue weighted by atomic mass is 10.0. The maximum atomic E-state index is 12.2. The number of hydrogen-bond donors (Lipinski definition) is 2. The Labute approximate surface area is 210 Å². The van der Waals surface area contributed by atoms with Gasteiger partial charge in [-0.2, -0.15) is 11.8 Å². The minimum atomic E-state index is -3.91. The molecule has 0 atom stereocenters. The van der Waals surface area contributed by atoms with Crippen LogP contribution in [0.3, 0.4) is 0 Å². The molecule has 0 aromatic heterocycles. The van der Waals surface area contributed by atoms with Crippen LogP contribution in [0.2, 0.25) is 0 Å². The van der Waals surface area contributed by atoms with Gasteiger partial charge in [0.05, 0.1) is 4.90 Å². The molecule has 0 saturated carbocycles. The highest BCUT2D eigenvalue weighted by Crippen LogP contribution is 2.33. The van der Waals surface area contributed by atoms with Crippen LogP contribution in [0.5, 0.6) is 0 Å². The fourth-order valence-corrected chi connectivity index (χ4v) is 7.32. The van der Waals surface area contributed by atoms with Crippen LogP contribution in [-0.4, -0.2) is 22.7 Å². The van der Waals surface area contributed by atoms with Crippen molar-refractivity contribution >= 4 is 58.6 Å². The van der Waals surface area contributed by atoms with Gasteiger partial charge in [0.15, 0.2) is 0 Å². The number of nitrogens with two attached hydrogens (primary N) is 1. The third-order valence-corrected chi connectivity index (χ3v) is 9.18. The fraction of sp³-hybridized carbons (Fsp3) is 0.0870. The molecule has 1 amide bonds. The lowest BCUT2D eigenvalue weighted by Gasteiger charge is -2.11. The lowest BCUT2D eigenvalue weighted by Crippen LogP contribution is -2.22. The Morgan fingerprint density at radius 1 is 0.941 bits per heavy atom. The van der Waals surface area contributed by atoms with Gasteiger partial charge in [-0.3, -0.25) is 4.79 Å². The fourth-order valence-electron chi connectivity index (χ4n) is 3.51. The molecular formula is C23H19BrN2O5S3. The molecule has 0 fully saturated rings. The third kappa shape index (κ3) is 5.44. The van der Waals surface area contributed by atoms with Crippen molar-refractivity contribution in [2.24, 2.45) is 5.14 Å². The average Bonchev–Trinajstić information content (AvgIpc) is 3.05. The third-order valence-electron chi connectivity index (χ3n) is 5.09. The molecule has 7 nitrogen and oxygen atoms in total. The summed E-state index contributed by atoms with van der Waals surface area (Å²) in [7, 11) is -7.78. The molecule has 1 aliphatic heterocycles. The molecule has 3 aromatic rings. The number of benzene rings is 3. The Balaban J connectivity index is 1.51. The largest absolute Gasteiger partial charge is 0.269 e. The summed E-state index contributed by atoms with van der Waals surface area (Å²) in [5.41, 5.74) is 3.55. The summed E-state index contributed by atoms with van der Waals surface area (Å²) in [5.74, 6) is 0.287. The maximum absolute atomic E-state index is 12.2. The van der Waals surface area contributed by atoms with E-state index in [9.17, 15) is 21.6 Å². The van der Waals surface area contributed by atoms with E-state index < -0.39 is 26.0 Å². The molecule has 3 N–H and O–H groups in total. The second kappa shape index (κ2) is 9.67. The molecule has 1 aliphatic rings. The smallest absolute Gasteiger partial charge is 0.265 e. The molecule has 0 aliphatic carbocycles. The molecule has 4 rings (SSSR count). The standard InChI is InChI=1S/C23H19BrN2O5S3/c24-20-10-15(6-9-19(20)22-12-23(27)26-34(22,30)31)13-32-14-18-8-7-17(11-21(18)33(25,28)29)16-4-2-1-3-5-16/h1-12H,13-14H2,(H,26,27)(H2,25,28,29). The van der Waals surface area contributed by atoms with Gasteiger partial charge < -0.3 is 0 Å². The normalized spacial score (nSPS) is 15.1. The minimum Gasteiger partial charge on any atom is -0.269 e. The predicted molar refractivity (Wildman–Crippen MR) is 137 cm³/mol. The topological polar surface area (TPSA) is 123 Å². The first-order valence-corrected chi connectivity index (χ1v) is 14.9. The van der Waals surface area contributed by atoms with Gasteiger partial charge in [0.25, 0.3) is 15.9 Å². The zero-order valence-corrected chi connectivity index (χ0v) is 21.6. The first-order valence-electron chi connectivity index (χ1n) is 9.91. The minimum absolute atomic E-state index is 0.0834. The summed E-state index contributed by atoms with van der Waals surface area (Å²) in [4.78, 5) is 11.5. The number of halogens is 1. The summed E-state index contributed by atoms with van der Waals surface area (Å²) in [6, 6.07) is 19.9. The molecule has 176 valence electrons. The highest BCUT2D eigenvalue weighted by atomic mass is 79.9. The van der Waals surface area contributed by atoms with E-state index in [0.29, 0.717) is 27.1 Å². The summed E-state index contributed by atoms with van der Waals surface area (Å²) in [6.07, 6.45) is 1.05. The Morgan fingerprint density at radius 2 is 1.68 bits per heavy atom. The summed E-state index contributed by atoms with van der Waals surface area (Å²) >= 11 is 4.88. The number of hydrogen-bond acceptors (Lipinski definition) is 6. The van der Waals surface area contributed by atoms with Gasteiger partial charge in [0, 0.05) is 27.6 Å². The second-order valence-electron chi connectivity index (χ2n) is 7.52. The van der Waals surface area contributed by atoms with Crippen molar-refractivity contribution in [2.45, 2.75) is 16.4 Å². The van der Waals surface area contributed by atoms with Crippen molar-refractivity contribution in [3.05, 3.63) is 94.0 Å². The SMILES string of the molecule is NS(=O)(=O)c1cc(-c2ccccc2)ccc1CSCc1ccc(C2=CC(=O)NS2(=O)=O)c(Br)c1. The predicted octanol–water partition coefficient (Wildman–Crippen LogP) is 4.00. The molecule has 0 bridgehead atoms. The molecule has 1 heterocycles. The zero-order chi connectivity index (χ0) is 24.5. The van der Waals surface area contributed by atoms with Crippen LogP contribution in [0.25, 0.3) is 16.0 Å². The van der Waals surface area contributed by atoms with Crippen LogP contribution in [-0.2, 0) is 36.3 Å². The van der Waals surface area contributed by atoms with E-state index in [2.05, 4.69) is 15.9 Å². The molecule has 0 spiro atoms. The van der Waals surface area contributed by atoms with E-state index in [4.69, 9.17) is 5.14 Å². The van der Waals surface area contributed by atoms with E-state index in [1.807, 2.05) is 41.1 Å². The number of rotatable bonds is 7. The van der Waals surface area contributed by atoms with Gasteiger partial charge in [0.1, 0.15) is 4.91 Å². The van der Waals surface area contributed by atoms with Crippen molar-refractivity contribution in [1.29, 1.82) is 0 Å². The van der Waals surface area contributed by atoms with E-state index in [-0.39, 0.29) is 9.80 Å².